The molecule has 2 N–H and O–H groups in total. The van der Waals surface area contributed by atoms with Crippen LogP contribution in [0.1, 0.15) is 24.1 Å². The maximum atomic E-state index is 6.11. The molecule has 100 valence electrons. The Balaban J connectivity index is 2.18. The highest BCUT2D eigenvalue weighted by Gasteiger charge is 2.09. The number of hydrogen-bond acceptors (Lipinski definition) is 2. The SMILES string of the molecule is CC(N)c1cc(Br)ccc1OCc1ccccc1Cl. The van der Waals surface area contributed by atoms with Gasteiger partial charge in [0.15, 0.2) is 0 Å². The molecule has 0 aliphatic carbocycles. The maximum Gasteiger partial charge on any atom is 0.124 e. The summed E-state index contributed by atoms with van der Waals surface area (Å²) >= 11 is 9.55. The van der Waals surface area contributed by atoms with Crippen LogP contribution in [-0.2, 0) is 6.61 Å². The van der Waals surface area contributed by atoms with Crippen molar-refractivity contribution in [2.75, 3.05) is 0 Å². The summed E-state index contributed by atoms with van der Waals surface area (Å²) in [6, 6.07) is 13.4. The predicted molar refractivity (Wildman–Crippen MR) is 82.5 cm³/mol. The zero-order valence-electron chi connectivity index (χ0n) is 10.6. The van der Waals surface area contributed by atoms with Gasteiger partial charge in [-0.2, -0.15) is 0 Å². The maximum absolute atomic E-state index is 6.11. The van der Waals surface area contributed by atoms with Gasteiger partial charge in [0.1, 0.15) is 12.4 Å². The molecule has 0 heterocycles. The lowest BCUT2D eigenvalue weighted by Crippen LogP contribution is -2.08. The first-order valence-corrected chi connectivity index (χ1v) is 7.16. The Morgan fingerprint density at radius 2 is 2.00 bits per heavy atom. The van der Waals surface area contributed by atoms with Crippen LogP contribution in [0.3, 0.4) is 0 Å². The Kier molecular flexibility index (Phi) is 4.86. The van der Waals surface area contributed by atoms with Gasteiger partial charge in [-0.25, -0.2) is 0 Å². The summed E-state index contributed by atoms with van der Waals surface area (Å²) < 4.78 is 6.83. The van der Waals surface area contributed by atoms with Crippen molar-refractivity contribution in [1.29, 1.82) is 0 Å². The topological polar surface area (TPSA) is 35.2 Å². The molecule has 2 nitrogen and oxygen atoms in total. The number of nitrogens with two attached hydrogens (primary N) is 1. The van der Waals surface area contributed by atoms with E-state index in [1.807, 2.05) is 49.4 Å². The quantitative estimate of drug-likeness (QED) is 0.875. The van der Waals surface area contributed by atoms with Crippen LogP contribution < -0.4 is 10.5 Å². The lowest BCUT2D eigenvalue weighted by molar-refractivity contribution is 0.301. The first-order valence-electron chi connectivity index (χ1n) is 5.99. The lowest BCUT2D eigenvalue weighted by Gasteiger charge is -2.15. The van der Waals surface area contributed by atoms with Crippen LogP contribution in [-0.4, -0.2) is 0 Å². The summed E-state index contributed by atoms with van der Waals surface area (Å²) in [5, 5.41) is 0.710. The Bertz CT molecular complexity index is 572. The molecule has 1 atom stereocenters. The third-order valence-electron chi connectivity index (χ3n) is 2.80. The van der Waals surface area contributed by atoms with Gasteiger partial charge in [0.2, 0.25) is 0 Å². The van der Waals surface area contributed by atoms with E-state index in [1.165, 1.54) is 0 Å². The summed E-state index contributed by atoms with van der Waals surface area (Å²) in [6.45, 7) is 2.37. The summed E-state index contributed by atoms with van der Waals surface area (Å²) in [7, 11) is 0. The fourth-order valence-corrected chi connectivity index (χ4v) is 2.35. The predicted octanol–water partition coefficient (Wildman–Crippen LogP) is 4.70. The van der Waals surface area contributed by atoms with Crippen LogP contribution in [0.15, 0.2) is 46.9 Å². The number of rotatable bonds is 4. The monoisotopic (exact) mass is 339 g/mol. The van der Waals surface area contributed by atoms with Crippen molar-refractivity contribution in [3.63, 3.8) is 0 Å². The Morgan fingerprint density at radius 1 is 1.26 bits per heavy atom. The highest BCUT2D eigenvalue weighted by molar-refractivity contribution is 9.10. The number of ether oxygens (including phenoxy) is 1. The molecular formula is C15H15BrClNO. The molecular weight excluding hydrogens is 326 g/mol. The van der Waals surface area contributed by atoms with Crippen molar-refractivity contribution in [3.8, 4) is 5.75 Å². The van der Waals surface area contributed by atoms with Crippen LogP contribution in [0.25, 0.3) is 0 Å². The second kappa shape index (κ2) is 6.42. The zero-order valence-corrected chi connectivity index (χ0v) is 12.9. The van der Waals surface area contributed by atoms with Crippen LogP contribution >= 0.6 is 27.5 Å². The summed E-state index contributed by atoms with van der Waals surface area (Å²) in [4.78, 5) is 0. The van der Waals surface area contributed by atoms with Gasteiger partial charge >= 0.3 is 0 Å². The molecule has 0 aliphatic rings. The van der Waals surface area contributed by atoms with Crippen LogP contribution in [0.5, 0.6) is 5.75 Å². The van der Waals surface area contributed by atoms with Gasteiger partial charge in [-0.1, -0.05) is 45.7 Å². The zero-order chi connectivity index (χ0) is 13.8. The summed E-state index contributed by atoms with van der Waals surface area (Å²) in [6.07, 6.45) is 0. The molecule has 0 bridgehead atoms. The van der Waals surface area contributed by atoms with Crippen LogP contribution in [0.4, 0.5) is 0 Å². The average molecular weight is 341 g/mol. The van der Waals surface area contributed by atoms with E-state index in [0.717, 1.165) is 21.3 Å². The van der Waals surface area contributed by atoms with Crippen molar-refractivity contribution in [1.82, 2.24) is 0 Å². The van der Waals surface area contributed by atoms with Crippen molar-refractivity contribution in [2.45, 2.75) is 19.6 Å². The lowest BCUT2D eigenvalue weighted by atomic mass is 10.1. The molecule has 0 amide bonds. The van der Waals surface area contributed by atoms with E-state index in [0.29, 0.717) is 11.6 Å². The smallest absolute Gasteiger partial charge is 0.124 e. The minimum atomic E-state index is -0.0845. The molecule has 0 radical (unpaired) electrons. The van der Waals surface area contributed by atoms with Gasteiger partial charge in [0, 0.05) is 26.7 Å². The second-order valence-corrected chi connectivity index (χ2v) is 5.67. The van der Waals surface area contributed by atoms with Crippen molar-refractivity contribution in [3.05, 3.63) is 63.1 Å². The van der Waals surface area contributed by atoms with Gasteiger partial charge in [-0.05, 0) is 31.2 Å². The van der Waals surface area contributed by atoms with Gasteiger partial charge in [-0.15, -0.1) is 0 Å². The molecule has 19 heavy (non-hydrogen) atoms. The van der Waals surface area contributed by atoms with Gasteiger partial charge < -0.3 is 10.5 Å². The van der Waals surface area contributed by atoms with E-state index in [1.54, 1.807) is 0 Å². The van der Waals surface area contributed by atoms with Gasteiger partial charge in [0.05, 0.1) is 0 Å². The largest absolute Gasteiger partial charge is 0.489 e. The van der Waals surface area contributed by atoms with Crippen LogP contribution in [0.2, 0.25) is 5.02 Å². The van der Waals surface area contributed by atoms with Crippen molar-refractivity contribution >= 4 is 27.5 Å². The number of halogens is 2. The van der Waals surface area contributed by atoms with Crippen molar-refractivity contribution < 1.29 is 4.74 Å². The molecule has 0 aromatic heterocycles. The molecule has 0 aliphatic heterocycles. The minimum absolute atomic E-state index is 0.0845. The highest BCUT2D eigenvalue weighted by Crippen LogP contribution is 2.28. The normalized spacial score (nSPS) is 12.2. The average Bonchev–Trinajstić information content (AvgIpc) is 2.38. The highest BCUT2D eigenvalue weighted by atomic mass is 79.9. The molecule has 2 rings (SSSR count). The fourth-order valence-electron chi connectivity index (χ4n) is 1.78. The van der Waals surface area contributed by atoms with E-state index in [-0.39, 0.29) is 6.04 Å². The molecule has 0 spiro atoms. The van der Waals surface area contributed by atoms with E-state index < -0.39 is 0 Å². The van der Waals surface area contributed by atoms with Gasteiger partial charge in [0.25, 0.3) is 0 Å². The number of benzene rings is 2. The summed E-state index contributed by atoms with van der Waals surface area (Å²) in [5.41, 5.74) is 7.89. The third-order valence-corrected chi connectivity index (χ3v) is 3.67. The van der Waals surface area contributed by atoms with Crippen LogP contribution in [0, 0.1) is 0 Å². The Morgan fingerprint density at radius 3 is 2.68 bits per heavy atom. The van der Waals surface area contributed by atoms with Gasteiger partial charge in [-0.3, -0.25) is 0 Å². The van der Waals surface area contributed by atoms with E-state index in [4.69, 9.17) is 22.1 Å². The molecule has 1 unspecified atom stereocenters. The molecule has 0 saturated heterocycles. The number of hydrogen-bond donors (Lipinski definition) is 1. The first kappa shape index (κ1) is 14.4. The van der Waals surface area contributed by atoms with Crippen molar-refractivity contribution in [2.24, 2.45) is 5.73 Å². The molecule has 2 aromatic rings. The minimum Gasteiger partial charge on any atom is -0.489 e. The third kappa shape index (κ3) is 3.72. The second-order valence-electron chi connectivity index (χ2n) is 4.35. The first-order chi connectivity index (χ1) is 9.08. The van der Waals surface area contributed by atoms with E-state index in [9.17, 15) is 0 Å². The molecule has 0 fully saturated rings. The molecule has 4 heteroatoms. The summed E-state index contributed by atoms with van der Waals surface area (Å²) in [5.74, 6) is 0.790. The molecule has 2 aromatic carbocycles. The van der Waals surface area contributed by atoms with E-state index in [2.05, 4.69) is 15.9 Å². The fraction of sp³-hybridized carbons (Fsp3) is 0.200. The molecule has 0 saturated carbocycles. The van der Waals surface area contributed by atoms with E-state index >= 15 is 0 Å². The standard InChI is InChI=1S/C15H15BrClNO/c1-10(18)13-8-12(16)6-7-15(13)19-9-11-4-2-3-5-14(11)17/h2-8,10H,9,18H2,1H3. The Labute approximate surface area is 126 Å². The Hall–Kier alpha value is -1.03.